The third-order valence-corrected chi connectivity index (χ3v) is 6.56. The summed E-state index contributed by atoms with van der Waals surface area (Å²) in [6, 6.07) is 20.8. The fraction of sp³-hybridized carbons (Fsp3) is 0.185. The highest BCUT2D eigenvalue weighted by atomic mass is 16.1. The first-order valence-corrected chi connectivity index (χ1v) is 11.1. The monoisotopic (exact) mass is 420 g/mol. The van der Waals surface area contributed by atoms with Crippen LogP contribution in [0.5, 0.6) is 0 Å². The summed E-state index contributed by atoms with van der Waals surface area (Å²) < 4.78 is 2.19. The van der Waals surface area contributed by atoms with Gasteiger partial charge in [0.1, 0.15) is 5.69 Å². The van der Waals surface area contributed by atoms with Crippen LogP contribution in [0.2, 0.25) is 0 Å². The Morgan fingerprint density at radius 1 is 0.969 bits per heavy atom. The minimum absolute atomic E-state index is 0.148. The number of hydrogen-bond acceptors (Lipinski definition) is 3. The second-order valence-electron chi connectivity index (χ2n) is 8.61. The predicted molar refractivity (Wildman–Crippen MR) is 129 cm³/mol. The Balaban J connectivity index is 1.49. The summed E-state index contributed by atoms with van der Waals surface area (Å²) in [4.78, 5) is 21.0. The largest absolute Gasteiger partial charge is 0.342 e. The number of aromatic amines is 1. The number of H-pyrrole nitrogens is 1. The minimum atomic E-state index is -0.148. The highest BCUT2D eigenvalue weighted by molar-refractivity contribution is 5.96. The molecule has 1 aliphatic rings. The zero-order chi connectivity index (χ0) is 21.7. The van der Waals surface area contributed by atoms with Crippen LogP contribution in [0.15, 0.2) is 71.7 Å². The van der Waals surface area contributed by atoms with E-state index in [1.807, 2.05) is 12.1 Å². The third kappa shape index (κ3) is 3.13. The smallest absolute Gasteiger partial charge is 0.275 e. The molecule has 0 saturated carbocycles. The fourth-order valence-electron chi connectivity index (χ4n) is 4.88. The fourth-order valence-corrected chi connectivity index (χ4v) is 4.88. The van der Waals surface area contributed by atoms with Gasteiger partial charge in [-0.2, -0.15) is 0 Å². The molecule has 0 saturated heterocycles. The van der Waals surface area contributed by atoms with Gasteiger partial charge >= 0.3 is 0 Å². The molecule has 0 bridgehead atoms. The minimum Gasteiger partial charge on any atom is -0.342 e. The van der Waals surface area contributed by atoms with Crippen LogP contribution in [0.25, 0.3) is 33.2 Å². The van der Waals surface area contributed by atoms with E-state index in [-0.39, 0.29) is 5.56 Å². The summed E-state index contributed by atoms with van der Waals surface area (Å²) in [7, 11) is 0. The van der Waals surface area contributed by atoms with Gasteiger partial charge in [-0.15, -0.1) is 0 Å². The lowest BCUT2D eigenvalue weighted by Crippen LogP contribution is -2.11. The first-order valence-electron chi connectivity index (χ1n) is 11.1. The Morgan fingerprint density at radius 2 is 1.72 bits per heavy atom. The summed E-state index contributed by atoms with van der Waals surface area (Å²) in [5.74, 6) is 0. The molecule has 0 spiro atoms. The average Bonchev–Trinajstić information content (AvgIpc) is 3.42. The Morgan fingerprint density at radius 3 is 2.53 bits per heavy atom. The van der Waals surface area contributed by atoms with Crippen molar-refractivity contribution in [2.75, 3.05) is 0 Å². The van der Waals surface area contributed by atoms with Crippen LogP contribution in [0.3, 0.4) is 0 Å². The van der Waals surface area contributed by atoms with Crippen molar-refractivity contribution in [3.63, 3.8) is 0 Å². The molecular formula is C27H24N4O. The van der Waals surface area contributed by atoms with Crippen LogP contribution in [0.1, 0.15) is 28.7 Å². The van der Waals surface area contributed by atoms with E-state index in [1.165, 1.54) is 23.1 Å². The molecule has 0 radical (unpaired) electrons. The van der Waals surface area contributed by atoms with Crippen LogP contribution in [0.4, 0.5) is 0 Å². The molecule has 0 amide bonds. The van der Waals surface area contributed by atoms with Gasteiger partial charge in [0.05, 0.1) is 11.0 Å². The summed E-state index contributed by atoms with van der Waals surface area (Å²) in [6.45, 7) is 1.25. The van der Waals surface area contributed by atoms with Crippen molar-refractivity contribution in [1.82, 2.24) is 14.5 Å². The van der Waals surface area contributed by atoms with Crippen molar-refractivity contribution in [2.24, 2.45) is 5.73 Å². The van der Waals surface area contributed by atoms with Gasteiger partial charge in [-0.05, 0) is 59.7 Å². The standard InChI is InChI=1S/C27H24N4O/c28-14-17-8-10-18(11-9-17)15-31-16-22(21-6-1-2-7-25(21)31)26-27(32)30-24-13-20-5-3-4-19(20)12-23(24)29-26/h1-2,6-13,16H,3-5,14-15,28H2,(H,30,32). The molecule has 3 aromatic carbocycles. The summed E-state index contributed by atoms with van der Waals surface area (Å²) >= 11 is 0. The zero-order valence-electron chi connectivity index (χ0n) is 17.8. The van der Waals surface area contributed by atoms with Crippen molar-refractivity contribution >= 4 is 21.9 Å². The molecule has 5 nitrogen and oxygen atoms in total. The number of hydrogen-bond donors (Lipinski definition) is 2. The molecule has 0 unspecified atom stereocenters. The molecule has 32 heavy (non-hydrogen) atoms. The lowest BCUT2D eigenvalue weighted by Gasteiger charge is -2.06. The number of aromatic nitrogens is 3. The summed E-state index contributed by atoms with van der Waals surface area (Å²) in [6.07, 6.45) is 5.39. The van der Waals surface area contributed by atoms with Gasteiger partial charge in [0, 0.05) is 35.8 Å². The maximum Gasteiger partial charge on any atom is 0.275 e. The van der Waals surface area contributed by atoms with E-state index in [4.69, 9.17) is 10.7 Å². The van der Waals surface area contributed by atoms with Gasteiger partial charge in [-0.1, -0.05) is 42.5 Å². The molecule has 158 valence electrons. The summed E-state index contributed by atoms with van der Waals surface area (Å²) in [5, 5.41) is 1.03. The topological polar surface area (TPSA) is 76.7 Å². The average molecular weight is 421 g/mol. The molecular weight excluding hydrogens is 396 g/mol. The molecule has 5 aromatic rings. The Bertz CT molecular complexity index is 1530. The lowest BCUT2D eigenvalue weighted by molar-refractivity contribution is 0.836. The van der Waals surface area contributed by atoms with Crippen molar-refractivity contribution in [3.8, 4) is 11.3 Å². The molecule has 0 atom stereocenters. The van der Waals surface area contributed by atoms with Crippen molar-refractivity contribution < 1.29 is 0 Å². The molecule has 5 heteroatoms. The van der Waals surface area contributed by atoms with Crippen molar-refractivity contribution in [1.29, 1.82) is 0 Å². The number of para-hydroxylation sites is 1. The molecule has 0 aliphatic heterocycles. The second kappa shape index (κ2) is 7.46. The van der Waals surface area contributed by atoms with E-state index in [9.17, 15) is 4.79 Å². The van der Waals surface area contributed by atoms with Crippen LogP contribution in [-0.4, -0.2) is 14.5 Å². The van der Waals surface area contributed by atoms with Gasteiger partial charge in [-0.3, -0.25) is 4.79 Å². The van der Waals surface area contributed by atoms with E-state index in [2.05, 4.69) is 64.3 Å². The van der Waals surface area contributed by atoms with Gasteiger partial charge in [0.2, 0.25) is 0 Å². The van der Waals surface area contributed by atoms with Crippen LogP contribution in [-0.2, 0) is 25.9 Å². The predicted octanol–water partition coefficient (Wildman–Crippen LogP) is 4.54. The molecule has 2 heterocycles. The first kappa shape index (κ1) is 19.0. The van der Waals surface area contributed by atoms with E-state index in [1.54, 1.807) is 0 Å². The maximum atomic E-state index is 13.1. The van der Waals surface area contributed by atoms with Gasteiger partial charge < -0.3 is 15.3 Å². The number of benzene rings is 3. The highest BCUT2D eigenvalue weighted by Gasteiger charge is 2.17. The van der Waals surface area contributed by atoms with Gasteiger partial charge in [-0.25, -0.2) is 4.98 Å². The Hall–Kier alpha value is -3.70. The molecule has 3 N–H and O–H groups in total. The number of fused-ring (bicyclic) bond motifs is 3. The van der Waals surface area contributed by atoms with Gasteiger partial charge in [0.15, 0.2) is 0 Å². The first-order chi connectivity index (χ1) is 15.7. The van der Waals surface area contributed by atoms with Crippen LogP contribution < -0.4 is 11.3 Å². The number of nitrogens with two attached hydrogens (primary N) is 1. The number of aryl methyl sites for hydroxylation is 2. The van der Waals surface area contributed by atoms with E-state index in [0.29, 0.717) is 18.8 Å². The molecule has 6 rings (SSSR count). The number of nitrogens with one attached hydrogen (secondary N) is 1. The van der Waals surface area contributed by atoms with Crippen LogP contribution in [0, 0.1) is 0 Å². The second-order valence-corrected chi connectivity index (χ2v) is 8.61. The van der Waals surface area contributed by atoms with Crippen LogP contribution >= 0.6 is 0 Å². The van der Waals surface area contributed by atoms with Gasteiger partial charge in [0.25, 0.3) is 5.56 Å². The quantitative estimate of drug-likeness (QED) is 0.448. The molecule has 0 fully saturated rings. The number of rotatable bonds is 4. The normalized spacial score (nSPS) is 13.2. The molecule has 1 aliphatic carbocycles. The molecule has 2 aromatic heterocycles. The van der Waals surface area contributed by atoms with Crippen molar-refractivity contribution in [2.45, 2.75) is 32.4 Å². The van der Waals surface area contributed by atoms with E-state index in [0.717, 1.165) is 45.9 Å². The number of nitrogens with zero attached hydrogens (tertiary/aromatic N) is 2. The summed E-state index contributed by atoms with van der Waals surface area (Å²) in [5.41, 5.74) is 14.7. The SMILES string of the molecule is NCc1ccc(Cn2cc(-c3nc4cc5c(cc4[nH]c3=O)CCC5)c3ccccc32)cc1. The highest BCUT2D eigenvalue weighted by Crippen LogP contribution is 2.30. The van der Waals surface area contributed by atoms with Crippen molar-refractivity contribution in [3.05, 3.63) is 99.5 Å². The lowest BCUT2D eigenvalue weighted by atomic mass is 10.1. The zero-order valence-corrected chi connectivity index (χ0v) is 17.8. The Labute approximate surface area is 185 Å². The van der Waals surface area contributed by atoms with E-state index < -0.39 is 0 Å². The maximum absolute atomic E-state index is 13.1. The van der Waals surface area contributed by atoms with E-state index >= 15 is 0 Å². The Kier molecular flexibility index (Phi) is 4.44. The third-order valence-electron chi connectivity index (χ3n) is 6.56.